The molecule has 218 valence electrons. The number of hydrogen-bond donors (Lipinski definition) is 4. The Balaban J connectivity index is 1.56. The van der Waals surface area contributed by atoms with Crippen LogP contribution in [0.5, 0.6) is 5.75 Å². The zero-order valence-electron chi connectivity index (χ0n) is 22.6. The SMILES string of the molecule is CNc1nc(N)nc2c1ncn2C1O[C@H](CO[P@@](=O)(N[C@@H](C)C(=O)OC(C)C)Oc2ccccc2)[C@@H](O)[C@@]1(C)F. The number of aliphatic hydroxyl groups excluding tert-OH is 1. The summed E-state index contributed by atoms with van der Waals surface area (Å²) in [6.07, 6.45) is -3.52. The van der Waals surface area contributed by atoms with E-state index < -0.39 is 56.6 Å². The number of para-hydroxylation sites is 1. The predicted molar refractivity (Wildman–Crippen MR) is 143 cm³/mol. The zero-order chi connectivity index (χ0) is 29.2. The molecule has 0 amide bonds. The highest BCUT2D eigenvalue weighted by Crippen LogP contribution is 2.48. The van der Waals surface area contributed by atoms with Crippen molar-refractivity contribution in [2.45, 2.75) is 63.9 Å². The van der Waals surface area contributed by atoms with E-state index in [-0.39, 0.29) is 17.3 Å². The number of nitrogens with two attached hydrogens (primary N) is 1. The summed E-state index contributed by atoms with van der Waals surface area (Å²) in [4.78, 5) is 24.8. The molecule has 1 saturated heterocycles. The molecule has 14 nitrogen and oxygen atoms in total. The Bertz CT molecular complexity index is 1390. The molecule has 1 fully saturated rings. The Morgan fingerprint density at radius 2 is 2.00 bits per heavy atom. The van der Waals surface area contributed by atoms with E-state index in [0.29, 0.717) is 11.3 Å². The van der Waals surface area contributed by atoms with Crippen molar-refractivity contribution < 1.29 is 37.4 Å². The summed E-state index contributed by atoms with van der Waals surface area (Å²) in [5.74, 6) is -0.243. The van der Waals surface area contributed by atoms with Crippen molar-refractivity contribution >= 4 is 36.6 Å². The Morgan fingerprint density at radius 1 is 1.30 bits per heavy atom. The number of esters is 1. The third-order valence-electron chi connectivity index (χ3n) is 6.08. The number of anilines is 2. The van der Waals surface area contributed by atoms with Gasteiger partial charge in [0.05, 0.1) is 19.0 Å². The number of rotatable bonds is 11. The van der Waals surface area contributed by atoms with E-state index in [9.17, 15) is 14.5 Å². The van der Waals surface area contributed by atoms with E-state index >= 15 is 4.39 Å². The first-order chi connectivity index (χ1) is 18.8. The molecule has 4 rings (SSSR count). The van der Waals surface area contributed by atoms with Crippen LogP contribution in [-0.2, 0) is 23.4 Å². The number of ether oxygens (including phenoxy) is 2. The smallest absolute Gasteiger partial charge is 0.459 e. The van der Waals surface area contributed by atoms with Crippen LogP contribution in [0.3, 0.4) is 0 Å². The summed E-state index contributed by atoms with van der Waals surface area (Å²) in [6, 6.07) is 7.05. The fourth-order valence-electron chi connectivity index (χ4n) is 4.14. The molecule has 1 unspecified atom stereocenters. The van der Waals surface area contributed by atoms with E-state index in [1.165, 1.54) is 17.8 Å². The number of halogens is 1. The van der Waals surface area contributed by atoms with E-state index in [1.54, 1.807) is 51.2 Å². The lowest BCUT2D eigenvalue weighted by molar-refractivity contribution is -0.149. The van der Waals surface area contributed by atoms with Gasteiger partial charge in [0.15, 0.2) is 28.9 Å². The highest BCUT2D eigenvalue weighted by Gasteiger charge is 2.56. The topological polar surface area (TPSA) is 185 Å². The Labute approximate surface area is 230 Å². The third kappa shape index (κ3) is 6.18. The van der Waals surface area contributed by atoms with Crippen LogP contribution in [-0.4, -0.2) is 74.3 Å². The van der Waals surface area contributed by atoms with Gasteiger partial charge in [-0.1, -0.05) is 18.2 Å². The molecule has 1 aliphatic rings. The van der Waals surface area contributed by atoms with Crippen molar-refractivity contribution in [3.05, 3.63) is 36.7 Å². The van der Waals surface area contributed by atoms with Crippen LogP contribution in [0, 0.1) is 0 Å². The minimum atomic E-state index is -4.28. The quantitative estimate of drug-likeness (QED) is 0.191. The largest absolute Gasteiger partial charge is 0.462 e. The average molecular weight is 582 g/mol. The fraction of sp³-hybridized carbons (Fsp3) is 0.500. The van der Waals surface area contributed by atoms with Crippen LogP contribution >= 0.6 is 7.75 Å². The molecule has 6 atom stereocenters. The maximum absolute atomic E-state index is 16.0. The number of carbonyl (C=O) groups excluding carboxylic acids is 1. The van der Waals surface area contributed by atoms with E-state index in [2.05, 4.69) is 25.4 Å². The second kappa shape index (κ2) is 11.6. The minimum Gasteiger partial charge on any atom is -0.462 e. The van der Waals surface area contributed by atoms with Gasteiger partial charge in [-0.2, -0.15) is 15.1 Å². The Kier molecular flexibility index (Phi) is 8.61. The lowest BCUT2D eigenvalue weighted by atomic mass is 9.98. The van der Waals surface area contributed by atoms with Crippen LogP contribution in [0.25, 0.3) is 11.2 Å². The monoisotopic (exact) mass is 581 g/mol. The van der Waals surface area contributed by atoms with Crippen LogP contribution < -0.4 is 20.7 Å². The van der Waals surface area contributed by atoms with Gasteiger partial charge in [-0.05, 0) is 39.8 Å². The molecule has 2 aromatic heterocycles. The number of aliphatic hydroxyl groups is 1. The van der Waals surface area contributed by atoms with Crippen LogP contribution in [0.15, 0.2) is 36.7 Å². The van der Waals surface area contributed by atoms with Crippen molar-refractivity contribution in [3.8, 4) is 5.75 Å². The molecular weight excluding hydrogens is 548 g/mol. The lowest BCUT2D eigenvalue weighted by Gasteiger charge is -2.25. The Morgan fingerprint density at radius 3 is 2.65 bits per heavy atom. The van der Waals surface area contributed by atoms with Gasteiger partial charge in [0.25, 0.3) is 0 Å². The summed E-state index contributed by atoms with van der Waals surface area (Å²) in [5.41, 5.74) is 3.94. The lowest BCUT2D eigenvalue weighted by Crippen LogP contribution is -2.41. The first kappa shape index (κ1) is 29.6. The average Bonchev–Trinajstić information content (AvgIpc) is 3.40. The summed E-state index contributed by atoms with van der Waals surface area (Å²) in [5, 5.41) is 16.2. The van der Waals surface area contributed by atoms with Gasteiger partial charge in [0, 0.05) is 7.05 Å². The van der Waals surface area contributed by atoms with Gasteiger partial charge in [-0.15, -0.1) is 0 Å². The second-order valence-electron chi connectivity index (χ2n) is 9.66. The van der Waals surface area contributed by atoms with Crippen molar-refractivity contribution in [2.75, 3.05) is 24.7 Å². The molecule has 40 heavy (non-hydrogen) atoms. The maximum atomic E-state index is 16.0. The third-order valence-corrected chi connectivity index (χ3v) is 7.72. The van der Waals surface area contributed by atoms with E-state index in [4.69, 9.17) is 24.3 Å². The molecule has 0 spiro atoms. The van der Waals surface area contributed by atoms with Crippen molar-refractivity contribution in [3.63, 3.8) is 0 Å². The van der Waals surface area contributed by atoms with Crippen LogP contribution in [0.2, 0.25) is 0 Å². The van der Waals surface area contributed by atoms with Gasteiger partial charge < -0.3 is 30.2 Å². The normalized spacial score (nSPS) is 25.1. The molecular formula is C24H33FN7O7P. The molecule has 3 aromatic rings. The number of nitrogens with zero attached hydrogens (tertiary/aromatic N) is 4. The molecule has 16 heteroatoms. The van der Waals surface area contributed by atoms with Gasteiger partial charge >= 0.3 is 13.7 Å². The maximum Gasteiger partial charge on any atom is 0.459 e. The van der Waals surface area contributed by atoms with Gasteiger partial charge in [0.1, 0.15) is 24.0 Å². The second-order valence-corrected chi connectivity index (χ2v) is 11.4. The number of aromatic nitrogens is 4. The number of nitrogen functional groups attached to an aromatic ring is 1. The van der Waals surface area contributed by atoms with Gasteiger partial charge in [0.2, 0.25) is 5.95 Å². The number of benzene rings is 1. The van der Waals surface area contributed by atoms with E-state index in [0.717, 1.165) is 6.92 Å². The number of imidazole rings is 1. The molecule has 0 aliphatic carbocycles. The first-order valence-corrected chi connectivity index (χ1v) is 14.1. The molecule has 1 aromatic carbocycles. The number of carbonyl (C=O) groups is 1. The molecule has 0 bridgehead atoms. The molecule has 0 radical (unpaired) electrons. The number of nitrogens with one attached hydrogen (secondary N) is 2. The molecule has 3 heterocycles. The Hall–Kier alpha value is -3.36. The number of alkyl halides is 1. The highest BCUT2D eigenvalue weighted by atomic mass is 31.2. The fourth-order valence-corrected chi connectivity index (χ4v) is 5.64. The van der Waals surface area contributed by atoms with Crippen molar-refractivity contribution in [1.29, 1.82) is 0 Å². The highest BCUT2D eigenvalue weighted by molar-refractivity contribution is 7.52. The zero-order valence-corrected chi connectivity index (χ0v) is 23.5. The predicted octanol–water partition coefficient (Wildman–Crippen LogP) is 2.57. The summed E-state index contributed by atoms with van der Waals surface area (Å²) in [7, 11) is -2.66. The van der Waals surface area contributed by atoms with Crippen LogP contribution in [0.4, 0.5) is 16.2 Å². The van der Waals surface area contributed by atoms with Crippen LogP contribution in [0.1, 0.15) is 33.9 Å². The standard InChI is InChI=1S/C24H33FN7O7P/c1-13(2)37-21(34)14(3)31-40(35,39-15-9-7-6-8-10-15)36-11-16-18(33)24(4,25)22(38-16)32-12-28-17-19(27-5)29-23(26)30-20(17)32/h6-10,12-14,16,18,22,33H,11H2,1-5H3,(H,31,35)(H3,26,27,29,30)/t14-,16+,18+,22?,24+,40-/m0/s1. The van der Waals surface area contributed by atoms with Gasteiger partial charge in [-0.3, -0.25) is 13.9 Å². The van der Waals surface area contributed by atoms with E-state index in [1.807, 2.05) is 0 Å². The minimum absolute atomic E-state index is 0.0761. The van der Waals surface area contributed by atoms with Crippen molar-refractivity contribution in [2.24, 2.45) is 0 Å². The van der Waals surface area contributed by atoms with Crippen molar-refractivity contribution in [1.82, 2.24) is 24.6 Å². The summed E-state index contributed by atoms with van der Waals surface area (Å²) < 4.78 is 53.2. The first-order valence-electron chi connectivity index (χ1n) is 12.5. The molecule has 5 N–H and O–H groups in total. The molecule has 1 aliphatic heterocycles. The summed E-state index contributed by atoms with van der Waals surface area (Å²) >= 11 is 0. The molecule has 0 saturated carbocycles. The number of fused-ring (bicyclic) bond motifs is 1. The number of hydrogen-bond acceptors (Lipinski definition) is 12. The van der Waals surface area contributed by atoms with Gasteiger partial charge in [-0.25, -0.2) is 13.9 Å². The summed E-state index contributed by atoms with van der Waals surface area (Å²) in [6.45, 7) is 5.37.